The number of ether oxygens (including phenoxy) is 1. The lowest BCUT2D eigenvalue weighted by Gasteiger charge is -2.33. The van der Waals surface area contributed by atoms with Gasteiger partial charge in [-0.05, 0) is 43.7 Å². The van der Waals surface area contributed by atoms with Gasteiger partial charge in [0, 0.05) is 11.3 Å². The molecule has 1 atom stereocenters. The number of fused-ring (bicyclic) bond motifs is 1. The Hall–Kier alpha value is -3.35. The molecule has 1 unspecified atom stereocenters. The Morgan fingerprint density at radius 2 is 1.92 bits per heavy atom. The second-order valence-electron chi connectivity index (χ2n) is 5.93. The van der Waals surface area contributed by atoms with Crippen molar-refractivity contribution >= 4 is 29.1 Å². The third-order valence-electron chi connectivity index (χ3n) is 4.09. The van der Waals surface area contributed by atoms with Crippen molar-refractivity contribution in [3.8, 4) is 5.75 Å². The van der Waals surface area contributed by atoms with Gasteiger partial charge in [-0.1, -0.05) is 18.2 Å². The number of nitrogens with one attached hydrogen (secondary N) is 2. The van der Waals surface area contributed by atoms with Crippen molar-refractivity contribution in [2.45, 2.75) is 19.4 Å². The fourth-order valence-corrected chi connectivity index (χ4v) is 2.47. The summed E-state index contributed by atoms with van der Waals surface area (Å²) >= 11 is 0. The zero-order chi connectivity index (χ0) is 18.2. The highest BCUT2D eigenvalue weighted by Gasteiger charge is 2.47. The third kappa shape index (κ3) is 2.91. The highest BCUT2D eigenvalue weighted by Crippen LogP contribution is 2.34. The van der Waals surface area contributed by atoms with Crippen molar-refractivity contribution in [3.63, 3.8) is 0 Å². The molecule has 128 valence electrons. The Labute approximate surface area is 144 Å². The largest absolute Gasteiger partial charge is 0.466 e. The van der Waals surface area contributed by atoms with Crippen LogP contribution in [0.25, 0.3) is 0 Å². The van der Waals surface area contributed by atoms with Gasteiger partial charge in [0.15, 0.2) is 0 Å². The molecule has 0 aromatic heterocycles. The van der Waals surface area contributed by atoms with E-state index in [1.165, 1.54) is 13.0 Å². The van der Waals surface area contributed by atoms with Gasteiger partial charge in [0.2, 0.25) is 5.91 Å². The fraction of sp³-hybridized carbons (Fsp3) is 0.167. The van der Waals surface area contributed by atoms with Gasteiger partial charge in [-0.3, -0.25) is 14.4 Å². The number of carbonyl (C=O) groups excluding carboxylic acids is 3. The predicted octanol–water partition coefficient (Wildman–Crippen LogP) is 1.82. The zero-order valence-electron chi connectivity index (χ0n) is 13.8. The normalized spacial score (nSPS) is 18.6. The van der Waals surface area contributed by atoms with Crippen molar-refractivity contribution < 1.29 is 19.1 Å². The molecule has 0 aliphatic carbocycles. The van der Waals surface area contributed by atoms with Crippen LogP contribution in [0.4, 0.5) is 11.4 Å². The van der Waals surface area contributed by atoms with Gasteiger partial charge in [0.25, 0.3) is 17.4 Å². The molecule has 2 aromatic carbocycles. The topological polar surface area (TPSA) is 111 Å². The van der Waals surface area contributed by atoms with Crippen LogP contribution in [-0.4, -0.2) is 23.3 Å². The number of anilines is 2. The van der Waals surface area contributed by atoms with Crippen LogP contribution in [0.15, 0.2) is 42.5 Å². The van der Waals surface area contributed by atoms with Crippen LogP contribution in [0.5, 0.6) is 5.75 Å². The number of hydrogen-bond donors (Lipinski definition) is 3. The van der Waals surface area contributed by atoms with Gasteiger partial charge in [-0.2, -0.15) is 0 Å². The number of carbonyl (C=O) groups is 3. The van der Waals surface area contributed by atoms with E-state index in [1.807, 2.05) is 0 Å². The van der Waals surface area contributed by atoms with Crippen molar-refractivity contribution in [1.82, 2.24) is 0 Å². The number of primary amides is 1. The number of nitrogens with two attached hydrogens (primary N) is 1. The lowest BCUT2D eigenvalue weighted by molar-refractivity contribution is -0.143. The maximum absolute atomic E-state index is 12.7. The maximum atomic E-state index is 12.7. The van der Waals surface area contributed by atoms with E-state index in [4.69, 9.17) is 10.5 Å². The van der Waals surface area contributed by atoms with Crippen molar-refractivity contribution in [1.29, 1.82) is 0 Å². The molecule has 1 aliphatic heterocycles. The predicted molar refractivity (Wildman–Crippen MR) is 92.4 cm³/mol. The monoisotopic (exact) mass is 339 g/mol. The number of amides is 3. The third-order valence-corrected chi connectivity index (χ3v) is 4.09. The van der Waals surface area contributed by atoms with E-state index in [2.05, 4.69) is 10.6 Å². The zero-order valence-corrected chi connectivity index (χ0v) is 13.8. The molecule has 0 saturated carbocycles. The van der Waals surface area contributed by atoms with Gasteiger partial charge >= 0.3 is 0 Å². The van der Waals surface area contributed by atoms with Crippen LogP contribution in [0, 0.1) is 6.92 Å². The van der Waals surface area contributed by atoms with E-state index in [0.717, 1.165) is 5.56 Å². The minimum absolute atomic E-state index is 0.255. The Balaban J connectivity index is 1.90. The van der Waals surface area contributed by atoms with Crippen LogP contribution in [-0.2, 0) is 9.59 Å². The highest BCUT2D eigenvalue weighted by atomic mass is 16.5. The molecule has 0 bridgehead atoms. The average Bonchev–Trinajstić information content (AvgIpc) is 2.57. The van der Waals surface area contributed by atoms with Crippen molar-refractivity contribution in [2.24, 2.45) is 5.73 Å². The fourth-order valence-electron chi connectivity index (χ4n) is 2.47. The van der Waals surface area contributed by atoms with E-state index in [0.29, 0.717) is 17.1 Å². The second-order valence-corrected chi connectivity index (χ2v) is 5.93. The minimum Gasteiger partial charge on any atom is -0.466 e. The number of para-hydroxylation sites is 2. The van der Waals surface area contributed by atoms with E-state index in [9.17, 15) is 14.4 Å². The molecule has 0 radical (unpaired) electrons. The summed E-state index contributed by atoms with van der Waals surface area (Å²) < 4.78 is 5.67. The van der Waals surface area contributed by atoms with E-state index in [1.54, 1.807) is 43.3 Å². The SMILES string of the molecule is Cc1ccc(C(N)=O)cc1NC(=O)C1(C)Oc2ccccc2NC1=O. The molecule has 4 N–H and O–H groups in total. The first-order valence-corrected chi connectivity index (χ1v) is 7.62. The molecule has 1 aliphatic rings. The minimum atomic E-state index is -1.75. The maximum Gasteiger partial charge on any atom is 0.278 e. The summed E-state index contributed by atoms with van der Waals surface area (Å²) in [4.78, 5) is 36.5. The Morgan fingerprint density at radius 1 is 1.20 bits per heavy atom. The molecule has 0 fully saturated rings. The van der Waals surface area contributed by atoms with Gasteiger partial charge in [0.05, 0.1) is 5.69 Å². The van der Waals surface area contributed by atoms with Crippen molar-refractivity contribution in [2.75, 3.05) is 10.6 Å². The van der Waals surface area contributed by atoms with Gasteiger partial charge < -0.3 is 21.1 Å². The first-order valence-electron chi connectivity index (χ1n) is 7.62. The molecule has 3 rings (SSSR count). The molecule has 2 aromatic rings. The molecule has 25 heavy (non-hydrogen) atoms. The van der Waals surface area contributed by atoms with Crippen molar-refractivity contribution in [3.05, 3.63) is 53.6 Å². The summed E-state index contributed by atoms with van der Waals surface area (Å²) in [6.45, 7) is 3.15. The molecule has 0 spiro atoms. The average molecular weight is 339 g/mol. The Morgan fingerprint density at radius 3 is 2.64 bits per heavy atom. The van der Waals surface area contributed by atoms with Crippen LogP contribution in [0.2, 0.25) is 0 Å². The lowest BCUT2D eigenvalue weighted by Crippen LogP contribution is -2.56. The molecule has 7 nitrogen and oxygen atoms in total. The van der Waals surface area contributed by atoms with Gasteiger partial charge in [0.1, 0.15) is 5.75 Å². The van der Waals surface area contributed by atoms with E-state index < -0.39 is 23.3 Å². The second kappa shape index (κ2) is 5.94. The Bertz CT molecular complexity index is 894. The lowest BCUT2D eigenvalue weighted by atomic mass is 10.0. The summed E-state index contributed by atoms with van der Waals surface area (Å²) in [6.07, 6.45) is 0. The highest BCUT2D eigenvalue weighted by molar-refractivity contribution is 6.19. The molecule has 7 heteroatoms. The smallest absolute Gasteiger partial charge is 0.278 e. The summed E-state index contributed by atoms with van der Waals surface area (Å²) in [6, 6.07) is 11.5. The molecular formula is C18H17N3O4. The standard InChI is InChI=1S/C18H17N3O4/c1-10-7-8-11(15(19)22)9-13(10)21-17(24)18(2)16(23)20-12-5-3-4-6-14(12)25-18/h3-9H,1-2H3,(H2,19,22)(H,20,23)(H,21,24). The molecular weight excluding hydrogens is 322 g/mol. The summed E-state index contributed by atoms with van der Waals surface area (Å²) in [5.41, 5.74) is 5.39. The summed E-state index contributed by atoms with van der Waals surface area (Å²) in [5, 5.41) is 5.31. The van der Waals surface area contributed by atoms with Gasteiger partial charge in [-0.25, -0.2) is 0 Å². The van der Waals surface area contributed by atoms with Crippen LogP contribution >= 0.6 is 0 Å². The summed E-state index contributed by atoms with van der Waals surface area (Å²) in [5.74, 6) is -1.43. The Kier molecular flexibility index (Phi) is 3.92. The van der Waals surface area contributed by atoms with Crippen LogP contribution in [0.3, 0.4) is 0 Å². The molecule has 1 heterocycles. The van der Waals surface area contributed by atoms with Gasteiger partial charge in [-0.15, -0.1) is 0 Å². The number of rotatable bonds is 3. The number of aryl methyl sites for hydroxylation is 1. The van der Waals surface area contributed by atoms with E-state index in [-0.39, 0.29) is 5.56 Å². The first-order chi connectivity index (χ1) is 11.8. The number of benzene rings is 2. The van der Waals surface area contributed by atoms with Crippen LogP contribution in [0.1, 0.15) is 22.8 Å². The number of hydrogen-bond acceptors (Lipinski definition) is 4. The quantitative estimate of drug-likeness (QED) is 0.741. The first kappa shape index (κ1) is 16.5. The van der Waals surface area contributed by atoms with Crippen LogP contribution < -0.4 is 21.1 Å². The van der Waals surface area contributed by atoms with E-state index >= 15 is 0 Å². The molecule has 3 amide bonds. The molecule has 0 saturated heterocycles. The summed E-state index contributed by atoms with van der Waals surface area (Å²) in [7, 11) is 0.